The van der Waals surface area contributed by atoms with Crippen molar-refractivity contribution in [2.45, 2.75) is 25.8 Å². The van der Waals surface area contributed by atoms with Crippen LogP contribution in [-0.4, -0.2) is 35.6 Å². The summed E-state index contributed by atoms with van der Waals surface area (Å²) in [7, 11) is 1.41. The van der Waals surface area contributed by atoms with Gasteiger partial charge in [0.25, 0.3) is 0 Å². The van der Waals surface area contributed by atoms with Crippen LogP contribution < -0.4 is 5.32 Å². The SMILES string of the molecule is CC(CN(C)C(=O)NC1CCc2cc(F)c(F)c(F)c21)C(=O)O. The number of fused-ring (bicyclic) bond motifs is 1. The molecule has 1 aromatic carbocycles. The lowest BCUT2D eigenvalue weighted by Crippen LogP contribution is -2.42. The number of aryl methyl sites for hydroxylation is 1. The molecule has 0 aliphatic heterocycles. The molecule has 2 N–H and O–H groups in total. The smallest absolute Gasteiger partial charge is 0.317 e. The predicted octanol–water partition coefficient (Wildman–Crippen LogP) is 2.45. The highest BCUT2D eigenvalue weighted by Gasteiger charge is 2.31. The Kier molecular flexibility index (Phi) is 4.82. The number of carbonyl (C=O) groups excluding carboxylic acids is 1. The third-order valence-corrected chi connectivity index (χ3v) is 3.95. The summed E-state index contributed by atoms with van der Waals surface area (Å²) in [6.45, 7) is 1.43. The van der Waals surface area contributed by atoms with Gasteiger partial charge in [-0.1, -0.05) is 6.92 Å². The molecule has 2 unspecified atom stereocenters. The molecule has 2 amide bonds. The first-order valence-electron chi connectivity index (χ1n) is 7.13. The fourth-order valence-electron chi connectivity index (χ4n) is 2.66. The molecule has 1 aliphatic carbocycles. The summed E-state index contributed by atoms with van der Waals surface area (Å²) >= 11 is 0. The first kappa shape index (κ1) is 17.1. The zero-order valence-electron chi connectivity index (χ0n) is 12.7. The fourth-order valence-corrected chi connectivity index (χ4v) is 2.66. The molecule has 2 rings (SSSR count). The van der Waals surface area contributed by atoms with E-state index in [4.69, 9.17) is 5.11 Å². The Bertz CT molecular complexity index is 651. The zero-order valence-corrected chi connectivity index (χ0v) is 12.7. The quantitative estimate of drug-likeness (QED) is 0.833. The molecule has 0 bridgehead atoms. The van der Waals surface area contributed by atoms with E-state index in [9.17, 15) is 22.8 Å². The normalized spacial score (nSPS) is 17.5. The molecule has 0 radical (unpaired) electrons. The van der Waals surface area contributed by atoms with Crippen LogP contribution in [0.3, 0.4) is 0 Å². The van der Waals surface area contributed by atoms with Gasteiger partial charge in [0.1, 0.15) is 0 Å². The van der Waals surface area contributed by atoms with Gasteiger partial charge in [0.2, 0.25) is 0 Å². The highest BCUT2D eigenvalue weighted by molar-refractivity contribution is 5.76. The molecular formula is C15H17F3N2O3. The van der Waals surface area contributed by atoms with Gasteiger partial charge in [-0.05, 0) is 24.5 Å². The maximum Gasteiger partial charge on any atom is 0.317 e. The number of carbonyl (C=O) groups is 2. The second-order valence-electron chi connectivity index (χ2n) is 5.72. The molecule has 2 atom stereocenters. The largest absolute Gasteiger partial charge is 0.481 e. The van der Waals surface area contributed by atoms with Crippen molar-refractivity contribution < 1.29 is 27.9 Å². The molecule has 0 saturated heterocycles. The van der Waals surface area contributed by atoms with Crippen LogP contribution in [0, 0.1) is 23.4 Å². The van der Waals surface area contributed by atoms with Crippen LogP contribution in [0.4, 0.5) is 18.0 Å². The number of nitrogens with one attached hydrogen (secondary N) is 1. The molecule has 126 valence electrons. The van der Waals surface area contributed by atoms with Crippen molar-refractivity contribution in [2.24, 2.45) is 5.92 Å². The monoisotopic (exact) mass is 330 g/mol. The Hall–Kier alpha value is -2.25. The van der Waals surface area contributed by atoms with Gasteiger partial charge in [-0.3, -0.25) is 4.79 Å². The minimum absolute atomic E-state index is 0.0268. The van der Waals surface area contributed by atoms with Crippen LogP contribution >= 0.6 is 0 Å². The van der Waals surface area contributed by atoms with Crippen molar-refractivity contribution in [3.05, 3.63) is 34.6 Å². The van der Waals surface area contributed by atoms with Crippen molar-refractivity contribution in [1.82, 2.24) is 10.2 Å². The number of nitrogens with zero attached hydrogens (tertiary/aromatic N) is 1. The molecule has 1 aliphatic rings. The molecule has 0 aromatic heterocycles. The lowest BCUT2D eigenvalue weighted by atomic mass is 10.1. The van der Waals surface area contributed by atoms with Crippen molar-refractivity contribution >= 4 is 12.0 Å². The van der Waals surface area contributed by atoms with E-state index in [2.05, 4.69) is 5.32 Å². The number of amides is 2. The molecule has 0 heterocycles. The van der Waals surface area contributed by atoms with Gasteiger partial charge in [0.15, 0.2) is 17.5 Å². The molecule has 8 heteroatoms. The van der Waals surface area contributed by atoms with Gasteiger partial charge in [0, 0.05) is 19.2 Å². The predicted molar refractivity (Wildman–Crippen MR) is 75.3 cm³/mol. The van der Waals surface area contributed by atoms with E-state index in [0.29, 0.717) is 18.4 Å². The van der Waals surface area contributed by atoms with Crippen molar-refractivity contribution in [1.29, 1.82) is 0 Å². The van der Waals surface area contributed by atoms with Crippen LogP contribution in [0.1, 0.15) is 30.5 Å². The van der Waals surface area contributed by atoms with Crippen LogP contribution in [0.25, 0.3) is 0 Å². The standard InChI is InChI=1S/C15H17F3N2O3/c1-7(14(21)22)6-20(2)15(23)19-10-4-3-8-5-9(16)12(17)13(18)11(8)10/h5,7,10H,3-4,6H2,1-2H3,(H,19,23)(H,21,22). The summed E-state index contributed by atoms with van der Waals surface area (Å²) in [6, 6.07) is -0.425. The summed E-state index contributed by atoms with van der Waals surface area (Å²) in [4.78, 5) is 24.0. The number of rotatable bonds is 4. The minimum Gasteiger partial charge on any atom is -0.481 e. The molecule has 0 saturated carbocycles. The van der Waals surface area contributed by atoms with Crippen molar-refractivity contribution in [3.63, 3.8) is 0 Å². The van der Waals surface area contributed by atoms with E-state index in [0.717, 1.165) is 11.0 Å². The van der Waals surface area contributed by atoms with Gasteiger partial charge >= 0.3 is 12.0 Å². The van der Waals surface area contributed by atoms with E-state index in [-0.39, 0.29) is 12.1 Å². The highest BCUT2D eigenvalue weighted by Crippen LogP contribution is 2.35. The van der Waals surface area contributed by atoms with E-state index in [1.54, 1.807) is 0 Å². The lowest BCUT2D eigenvalue weighted by molar-refractivity contribution is -0.141. The maximum atomic E-state index is 13.9. The number of hydrogen-bond acceptors (Lipinski definition) is 2. The topological polar surface area (TPSA) is 69.6 Å². The van der Waals surface area contributed by atoms with Crippen molar-refractivity contribution in [3.8, 4) is 0 Å². The number of hydrogen-bond donors (Lipinski definition) is 2. The number of halogens is 3. The van der Waals surface area contributed by atoms with Gasteiger partial charge < -0.3 is 15.3 Å². The van der Waals surface area contributed by atoms with Crippen LogP contribution in [0.15, 0.2) is 6.07 Å². The fraction of sp³-hybridized carbons (Fsp3) is 0.467. The molecule has 0 spiro atoms. The molecule has 5 nitrogen and oxygen atoms in total. The average molecular weight is 330 g/mol. The Labute approximate surface area is 131 Å². The number of carboxylic acid groups (broad SMARTS) is 1. The van der Waals surface area contributed by atoms with E-state index in [1.165, 1.54) is 14.0 Å². The maximum absolute atomic E-state index is 13.9. The summed E-state index contributed by atoms with van der Waals surface area (Å²) in [5.74, 6) is -5.90. The Morgan fingerprint density at radius 1 is 1.39 bits per heavy atom. The van der Waals surface area contributed by atoms with Gasteiger partial charge in [-0.15, -0.1) is 0 Å². The number of aliphatic carboxylic acids is 1. The molecule has 0 fully saturated rings. The van der Waals surface area contributed by atoms with Gasteiger partial charge in [0.05, 0.1) is 12.0 Å². The van der Waals surface area contributed by atoms with Crippen molar-refractivity contribution in [2.75, 3.05) is 13.6 Å². The summed E-state index contributed by atoms with van der Waals surface area (Å²) in [5, 5.41) is 11.4. The number of carboxylic acids is 1. The number of urea groups is 1. The zero-order chi connectivity index (χ0) is 17.3. The van der Waals surface area contributed by atoms with Crippen LogP contribution in [-0.2, 0) is 11.2 Å². The second-order valence-corrected chi connectivity index (χ2v) is 5.72. The summed E-state index contributed by atoms with van der Waals surface area (Å²) in [6.07, 6.45) is 0.646. The summed E-state index contributed by atoms with van der Waals surface area (Å²) in [5.41, 5.74) is 0.283. The first-order chi connectivity index (χ1) is 10.7. The molecule has 1 aromatic rings. The molecular weight excluding hydrogens is 313 g/mol. The summed E-state index contributed by atoms with van der Waals surface area (Å²) < 4.78 is 40.5. The lowest BCUT2D eigenvalue weighted by Gasteiger charge is -2.23. The average Bonchev–Trinajstić information content (AvgIpc) is 2.87. The third kappa shape index (κ3) is 3.40. The van der Waals surface area contributed by atoms with Gasteiger partial charge in [-0.25, -0.2) is 18.0 Å². The third-order valence-electron chi connectivity index (χ3n) is 3.95. The second kappa shape index (κ2) is 6.47. The first-order valence-corrected chi connectivity index (χ1v) is 7.13. The van der Waals surface area contributed by atoms with E-state index >= 15 is 0 Å². The highest BCUT2D eigenvalue weighted by atomic mass is 19.2. The number of benzene rings is 1. The minimum atomic E-state index is -1.56. The van der Waals surface area contributed by atoms with E-state index < -0.39 is 41.4 Å². The Morgan fingerprint density at radius 3 is 2.65 bits per heavy atom. The van der Waals surface area contributed by atoms with Gasteiger partial charge in [-0.2, -0.15) is 0 Å². The van der Waals surface area contributed by atoms with E-state index in [1.807, 2.05) is 0 Å². The Morgan fingerprint density at radius 2 is 2.04 bits per heavy atom. The Balaban J connectivity index is 2.11. The molecule has 23 heavy (non-hydrogen) atoms. The van der Waals surface area contributed by atoms with Crippen LogP contribution in [0.2, 0.25) is 0 Å². The van der Waals surface area contributed by atoms with Crippen LogP contribution in [0.5, 0.6) is 0 Å².